The van der Waals surface area contributed by atoms with Crippen molar-refractivity contribution < 1.29 is 9.53 Å². The quantitative estimate of drug-likeness (QED) is 0.864. The molecule has 0 bridgehead atoms. The second-order valence-electron chi connectivity index (χ2n) is 4.16. The van der Waals surface area contributed by atoms with Gasteiger partial charge in [0.2, 0.25) is 5.91 Å². The van der Waals surface area contributed by atoms with Gasteiger partial charge in [-0.1, -0.05) is 12.1 Å². The van der Waals surface area contributed by atoms with E-state index in [0.29, 0.717) is 6.54 Å². The lowest BCUT2D eigenvalue weighted by atomic mass is 10.1. The highest BCUT2D eigenvalue weighted by molar-refractivity contribution is 7.99. The molecule has 1 aliphatic heterocycles. The largest absolute Gasteiger partial charge is 0.497 e. The van der Waals surface area contributed by atoms with Crippen LogP contribution in [0.5, 0.6) is 5.75 Å². The van der Waals surface area contributed by atoms with Gasteiger partial charge in [-0.2, -0.15) is 0 Å². The predicted octanol–water partition coefficient (Wildman–Crippen LogP) is 1.44. The molecule has 0 aromatic heterocycles. The van der Waals surface area contributed by atoms with Gasteiger partial charge in [0.25, 0.3) is 0 Å². The SMILES string of the molecule is COc1cccc(CCNC(=O)C2CSCN2)c1.Cl. The lowest BCUT2D eigenvalue weighted by Crippen LogP contribution is -2.42. The van der Waals surface area contributed by atoms with Gasteiger partial charge >= 0.3 is 0 Å². The summed E-state index contributed by atoms with van der Waals surface area (Å²) in [7, 11) is 1.66. The normalized spacial score (nSPS) is 17.6. The van der Waals surface area contributed by atoms with Crippen molar-refractivity contribution >= 4 is 30.1 Å². The van der Waals surface area contributed by atoms with Crippen molar-refractivity contribution in [3.63, 3.8) is 0 Å². The number of benzene rings is 1. The number of hydrogen-bond donors (Lipinski definition) is 2. The molecule has 19 heavy (non-hydrogen) atoms. The summed E-state index contributed by atoms with van der Waals surface area (Å²) in [6.07, 6.45) is 0.822. The van der Waals surface area contributed by atoms with E-state index in [1.165, 1.54) is 5.56 Å². The lowest BCUT2D eigenvalue weighted by Gasteiger charge is -2.10. The van der Waals surface area contributed by atoms with Gasteiger partial charge in [0.05, 0.1) is 13.2 Å². The third-order valence-corrected chi connectivity index (χ3v) is 3.82. The average molecular weight is 303 g/mol. The summed E-state index contributed by atoms with van der Waals surface area (Å²) in [6, 6.07) is 7.89. The van der Waals surface area contributed by atoms with E-state index in [1.54, 1.807) is 18.9 Å². The Kier molecular flexibility index (Phi) is 7.05. The fraction of sp³-hybridized carbons (Fsp3) is 0.462. The molecule has 6 heteroatoms. The van der Waals surface area contributed by atoms with Gasteiger partial charge in [-0.15, -0.1) is 24.2 Å². The number of halogens is 1. The molecule has 2 N–H and O–H groups in total. The topological polar surface area (TPSA) is 50.4 Å². The van der Waals surface area contributed by atoms with E-state index in [2.05, 4.69) is 10.6 Å². The number of carbonyl (C=O) groups is 1. The van der Waals surface area contributed by atoms with E-state index in [4.69, 9.17) is 4.74 Å². The van der Waals surface area contributed by atoms with Crippen LogP contribution in [0.25, 0.3) is 0 Å². The van der Waals surface area contributed by atoms with Gasteiger partial charge in [0.15, 0.2) is 0 Å². The lowest BCUT2D eigenvalue weighted by molar-refractivity contribution is -0.122. The highest BCUT2D eigenvalue weighted by atomic mass is 35.5. The number of rotatable bonds is 5. The molecule has 106 valence electrons. The maximum atomic E-state index is 11.7. The van der Waals surface area contributed by atoms with Gasteiger partial charge in [-0.3, -0.25) is 10.1 Å². The first-order chi connectivity index (χ1) is 8.79. The van der Waals surface area contributed by atoms with Crippen molar-refractivity contribution in [2.24, 2.45) is 0 Å². The Morgan fingerprint density at radius 3 is 3.11 bits per heavy atom. The third kappa shape index (κ3) is 4.93. The molecule has 0 aliphatic carbocycles. The Morgan fingerprint density at radius 2 is 2.42 bits per heavy atom. The molecule has 1 unspecified atom stereocenters. The summed E-state index contributed by atoms with van der Waals surface area (Å²) < 4.78 is 5.16. The number of nitrogens with one attached hydrogen (secondary N) is 2. The van der Waals surface area contributed by atoms with Crippen molar-refractivity contribution in [3.05, 3.63) is 29.8 Å². The summed E-state index contributed by atoms with van der Waals surface area (Å²) in [6.45, 7) is 0.662. The average Bonchev–Trinajstić information content (AvgIpc) is 2.93. The molecule has 0 radical (unpaired) electrons. The maximum absolute atomic E-state index is 11.7. The van der Waals surface area contributed by atoms with E-state index in [-0.39, 0.29) is 24.4 Å². The van der Waals surface area contributed by atoms with Crippen LogP contribution in [0.3, 0.4) is 0 Å². The van der Waals surface area contributed by atoms with E-state index >= 15 is 0 Å². The maximum Gasteiger partial charge on any atom is 0.238 e. The molecule has 2 rings (SSSR count). The van der Waals surface area contributed by atoms with Crippen LogP contribution in [0.4, 0.5) is 0 Å². The van der Waals surface area contributed by atoms with Crippen molar-refractivity contribution in [1.29, 1.82) is 0 Å². The third-order valence-electron chi connectivity index (χ3n) is 2.88. The Hall–Kier alpha value is -0.910. The van der Waals surface area contributed by atoms with E-state index in [9.17, 15) is 4.79 Å². The highest BCUT2D eigenvalue weighted by Crippen LogP contribution is 2.13. The number of thioether (sulfide) groups is 1. The first-order valence-corrected chi connectivity index (χ1v) is 7.17. The fourth-order valence-corrected chi connectivity index (χ4v) is 2.79. The molecule has 1 fully saturated rings. The van der Waals surface area contributed by atoms with Gasteiger partial charge in [-0.25, -0.2) is 0 Å². The summed E-state index contributed by atoms with van der Waals surface area (Å²) in [4.78, 5) is 11.7. The summed E-state index contributed by atoms with van der Waals surface area (Å²) in [5.74, 6) is 2.69. The van der Waals surface area contributed by atoms with E-state index < -0.39 is 0 Å². The molecule has 1 heterocycles. The number of carbonyl (C=O) groups excluding carboxylic acids is 1. The van der Waals surface area contributed by atoms with Crippen molar-refractivity contribution in [1.82, 2.24) is 10.6 Å². The van der Waals surface area contributed by atoms with Gasteiger partial charge < -0.3 is 10.1 Å². The minimum Gasteiger partial charge on any atom is -0.497 e. The molecule has 1 aromatic rings. The summed E-state index contributed by atoms with van der Waals surface area (Å²) in [5.41, 5.74) is 1.17. The van der Waals surface area contributed by atoms with Gasteiger partial charge in [-0.05, 0) is 24.1 Å². The number of hydrogen-bond acceptors (Lipinski definition) is 4. The zero-order valence-corrected chi connectivity index (χ0v) is 12.5. The predicted molar refractivity (Wildman–Crippen MR) is 81.2 cm³/mol. The number of methoxy groups -OCH3 is 1. The molecule has 1 atom stereocenters. The molecule has 0 saturated carbocycles. The second-order valence-corrected chi connectivity index (χ2v) is 5.19. The van der Waals surface area contributed by atoms with Crippen LogP contribution in [0, 0.1) is 0 Å². The van der Waals surface area contributed by atoms with E-state index in [0.717, 1.165) is 23.8 Å². The molecule has 0 spiro atoms. The highest BCUT2D eigenvalue weighted by Gasteiger charge is 2.21. The molecule has 4 nitrogen and oxygen atoms in total. The second kappa shape index (κ2) is 8.30. The summed E-state index contributed by atoms with van der Waals surface area (Å²) >= 11 is 1.76. The van der Waals surface area contributed by atoms with Gasteiger partial charge in [0.1, 0.15) is 5.75 Å². The van der Waals surface area contributed by atoms with Crippen LogP contribution >= 0.6 is 24.2 Å². The monoisotopic (exact) mass is 302 g/mol. The standard InChI is InChI=1S/C13H18N2O2S.ClH/c1-17-11-4-2-3-10(7-11)5-6-14-13(16)12-8-18-9-15-12;/h2-4,7,12,15H,5-6,8-9H2,1H3,(H,14,16);1H. The van der Waals surface area contributed by atoms with Crippen molar-refractivity contribution in [3.8, 4) is 5.75 Å². The molecular formula is C13H19ClN2O2S. The number of amides is 1. The zero-order chi connectivity index (χ0) is 12.8. The van der Waals surface area contributed by atoms with Crippen LogP contribution in [-0.2, 0) is 11.2 Å². The number of ether oxygens (including phenoxy) is 1. The Bertz CT molecular complexity index is 411. The van der Waals surface area contributed by atoms with Gasteiger partial charge in [0, 0.05) is 18.2 Å². The molecular weight excluding hydrogens is 284 g/mol. The minimum absolute atomic E-state index is 0. The van der Waals surface area contributed by atoms with Crippen LogP contribution in [0.1, 0.15) is 5.56 Å². The van der Waals surface area contributed by atoms with E-state index in [1.807, 2.05) is 24.3 Å². The van der Waals surface area contributed by atoms with Crippen LogP contribution in [0.15, 0.2) is 24.3 Å². The van der Waals surface area contributed by atoms with Crippen molar-refractivity contribution in [2.75, 3.05) is 25.3 Å². The summed E-state index contributed by atoms with van der Waals surface area (Å²) in [5, 5.41) is 6.11. The van der Waals surface area contributed by atoms with Crippen LogP contribution in [-0.4, -0.2) is 37.2 Å². The van der Waals surface area contributed by atoms with Crippen LogP contribution < -0.4 is 15.4 Å². The first kappa shape index (κ1) is 16.1. The van der Waals surface area contributed by atoms with Crippen molar-refractivity contribution in [2.45, 2.75) is 12.5 Å². The fourth-order valence-electron chi connectivity index (χ4n) is 1.84. The first-order valence-electron chi connectivity index (χ1n) is 6.01. The Morgan fingerprint density at radius 1 is 1.58 bits per heavy atom. The molecule has 1 aliphatic rings. The molecule has 1 saturated heterocycles. The zero-order valence-electron chi connectivity index (χ0n) is 10.8. The molecule has 1 aromatic carbocycles. The molecule has 1 amide bonds. The smallest absolute Gasteiger partial charge is 0.238 e. The minimum atomic E-state index is -0.0275. The Balaban J connectivity index is 0.00000180. The van der Waals surface area contributed by atoms with Crippen LogP contribution in [0.2, 0.25) is 0 Å². The Labute approximate surface area is 124 Å².